The Hall–Kier alpha value is -2.03. The third-order valence-electron chi connectivity index (χ3n) is 4.68. The second-order valence-corrected chi connectivity index (χ2v) is 7.34. The van der Waals surface area contributed by atoms with E-state index in [9.17, 15) is 9.59 Å². The number of piperazine rings is 1. The molecule has 7 nitrogen and oxygen atoms in total. The van der Waals surface area contributed by atoms with Gasteiger partial charge in [-0.1, -0.05) is 41.2 Å². The highest BCUT2D eigenvalue weighted by atomic mass is 35.5. The van der Waals surface area contributed by atoms with Crippen LogP contribution in [0.25, 0.3) is 0 Å². The van der Waals surface area contributed by atoms with Gasteiger partial charge in [-0.05, 0) is 29.6 Å². The van der Waals surface area contributed by atoms with Crippen molar-refractivity contribution in [1.82, 2.24) is 19.4 Å². The monoisotopic (exact) mass is 408 g/mol. The molecule has 0 spiro atoms. The Kier molecular flexibility index (Phi) is 6.41. The van der Waals surface area contributed by atoms with E-state index < -0.39 is 6.04 Å². The fraction of sp³-hybridized carbons (Fsp3) is 0.444. The van der Waals surface area contributed by atoms with E-state index in [0.717, 1.165) is 17.2 Å². The maximum atomic E-state index is 12.8. The first-order valence-electron chi connectivity index (χ1n) is 8.73. The fourth-order valence-electron chi connectivity index (χ4n) is 3.21. The lowest BCUT2D eigenvalue weighted by molar-refractivity contribution is -0.148. The predicted molar refractivity (Wildman–Crippen MR) is 103 cm³/mol. The molecular formula is C18H21ClN4O3S. The largest absolute Gasteiger partial charge is 0.468 e. The number of aromatic nitrogens is 2. The summed E-state index contributed by atoms with van der Waals surface area (Å²) >= 11 is 7.44. The van der Waals surface area contributed by atoms with Crippen molar-refractivity contribution in [3.8, 4) is 0 Å². The van der Waals surface area contributed by atoms with Crippen molar-refractivity contribution >= 4 is 35.0 Å². The number of rotatable bonds is 5. The minimum Gasteiger partial charge on any atom is -0.468 e. The zero-order valence-corrected chi connectivity index (χ0v) is 16.8. The van der Waals surface area contributed by atoms with E-state index in [-0.39, 0.29) is 11.9 Å². The second-order valence-electron chi connectivity index (χ2n) is 6.18. The van der Waals surface area contributed by atoms with Crippen LogP contribution in [0, 0.1) is 0 Å². The van der Waals surface area contributed by atoms with Crippen molar-refractivity contribution in [3.05, 3.63) is 45.4 Å². The maximum absolute atomic E-state index is 12.8. The molecule has 0 saturated carbocycles. The molecule has 9 heteroatoms. The number of carbonyl (C=O) groups is 2. The molecule has 0 N–H and O–H groups in total. The number of halogens is 1. The lowest BCUT2D eigenvalue weighted by atomic mass is 10.0. The number of methoxy groups -OCH3 is 1. The number of carbonyl (C=O) groups excluding carboxylic acids is 2. The highest BCUT2D eigenvalue weighted by Crippen LogP contribution is 2.29. The van der Waals surface area contributed by atoms with Crippen molar-refractivity contribution in [1.29, 1.82) is 0 Å². The number of nitrogens with zero attached hydrogens (tertiary/aromatic N) is 4. The third kappa shape index (κ3) is 4.12. The molecule has 1 aliphatic rings. The van der Waals surface area contributed by atoms with Gasteiger partial charge in [0, 0.05) is 31.2 Å². The Morgan fingerprint density at radius 2 is 1.96 bits per heavy atom. The van der Waals surface area contributed by atoms with Crippen LogP contribution in [0.1, 0.15) is 33.9 Å². The first-order valence-corrected chi connectivity index (χ1v) is 9.88. The molecule has 1 saturated heterocycles. The van der Waals surface area contributed by atoms with Gasteiger partial charge in [-0.25, -0.2) is 4.79 Å². The first-order chi connectivity index (χ1) is 13.1. The zero-order chi connectivity index (χ0) is 19.4. The van der Waals surface area contributed by atoms with E-state index >= 15 is 0 Å². The molecule has 1 unspecified atom stereocenters. The van der Waals surface area contributed by atoms with E-state index in [0.29, 0.717) is 48.1 Å². The van der Waals surface area contributed by atoms with Gasteiger partial charge in [0.25, 0.3) is 5.91 Å². The Labute approximate surface area is 167 Å². The van der Waals surface area contributed by atoms with Crippen LogP contribution in [-0.4, -0.2) is 64.6 Å². The van der Waals surface area contributed by atoms with Gasteiger partial charge in [-0.15, -0.1) is 5.10 Å². The fourth-order valence-corrected chi connectivity index (χ4v) is 4.17. The normalized spacial score (nSPS) is 16.2. The summed E-state index contributed by atoms with van der Waals surface area (Å²) in [7, 11) is 1.37. The molecule has 1 fully saturated rings. The van der Waals surface area contributed by atoms with Crippen LogP contribution in [0.5, 0.6) is 0 Å². The van der Waals surface area contributed by atoms with Gasteiger partial charge in [0.2, 0.25) is 0 Å². The SMILES string of the molecule is CCc1nnsc1C(=O)N1CCN(C(C(=O)OC)c2ccccc2Cl)CC1. The Morgan fingerprint density at radius 1 is 1.26 bits per heavy atom. The van der Waals surface area contributed by atoms with Crippen molar-refractivity contribution in [2.75, 3.05) is 33.3 Å². The van der Waals surface area contributed by atoms with Crippen LogP contribution in [0.2, 0.25) is 5.02 Å². The number of amides is 1. The lowest BCUT2D eigenvalue weighted by Crippen LogP contribution is -2.51. The molecular weight excluding hydrogens is 388 g/mol. The molecule has 27 heavy (non-hydrogen) atoms. The molecule has 1 aromatic carbocycles. The van der Waals surface area contributed by atoms with Gasteiger partial charge in [0.15, 0.2) is 0 Å². The van der Waals surface area contributed by atoms with Gasteiger partial charge >= 0.3 is 5.97 Å². The highest BCUT2D eigenvalue weighted by molar-refractivity contribution is 7.08. The molecule has 1 amide bonds. The molecule has 1 aromatic heterocycles. The zero-order valence-electron chi connectivity index (χ0n) is 15.2. The van der Waals surface area contributed by atoms with Gasteiger partial charge in [0.1, 0.15) is 10.9 Å². The first kappa shape index (κ1) is 19.7. The number of ether oxygens (including phenoxy) is 1. The molecule has 1 atom stereocenters. The van der Waals surface area contributed by atoms with Crippen LogP contribution in [-0.2, 0) is 16.0 Å². The van der Waals surface area contributed by atoms with Gasteiger partial charge in [-0.3, -0.25) is 9.69 Å². The average molecular weight is 409 g/mol. The van der Waals surface area contributed by atoms with Crippen molar-refractivity contribution < 1.29 is 14.3 Å². The number of aryl methyl sites for hydroxylation is 1. The molecule has 0 radical (unpaired) electrons. The number of esters is 1. The second kappa shape index (κ2) is 8.77. The van der Waals surface area contributed by atoms with E-state index in [2.05, 4.69) is 9.59 Å². The van der Waals surface area contributed by atoms with Gasteiger partial charge < -0.3 is 9.64 Å². The van der Waals surface area contributed by atoms with Gasteiger partial charge in [0.05, 0.1) is 12.8 Å². The molecule has 1 aliphatic heterocycles. The Morgan fingerprint density at radius 3 is 2.59 bits per heavy atom. The summed E-state index contributed by atoms with van der Waals surface area (Å²) in [6.45, 7) is 4.07. The van der Waals surface area contributed by atoms with Crippen molar-refractivity contribution in [3.63, 3.8) is 0 Å². The van der Waals surface area contributed by atoms with Crippen LogP contribution >= 0.6 is 23.1 Å². The van der Waals surface area contributed by atoms with Crippen LogP contribution < -0.4 is 0 Å². The maximum Gasteiger partial charge on any atom is 0.327 e. The van der Waals surface area contributed by atoms with E-state index in [1.807, 2.05) is 30.0 Å². The lowest BCUT2D eigenvalue weighted by Gasteiger charge is -2.38. The molecule has 3 rings (SSSR count). The summed E-state index contributed by atoms with van der Waals surface area (Å²) in [5.74, 6) is -0.406. The molecule has 2 heterocycles. The molecule has 0 bridgehead atoms. The van der Waals surface area contributed by atoms with E-state index in [1.54, 1.807) is 11.0 Å². The minimum atomic E-state index is -0.586. The summed E-state index contributed by atoms with van der Waals surface area (Å²) in [6, 6.07) is 6.68. The topological polar surface area (TPSA) is 75.6 Å². The van der Waals surface area contributed by atoms with Crippen molar-refractivity contribution in [2.24, 2.45) is 0 Å². The Bertz CT molecular complexity index is 820. The van der Waals surface area contributed by atoms with E-state index in [1.165, 1.54) is 7.11 Å². The number of hydrogen-bond donors (Lipinski definition) is 0. The number of hydrogen-bond acceptors (Lipinski definition) is 7. The smallest absolute Gasteiger partial charge is 0.327 e. The summed E-state index contributed by atoms with van der Waals surface area (Å²) in [6.07, 6.45) is 0.675. The van der Waals surface area contributed by atoms with E-state index in [4.69, 9.17) is 16.3 Å². The number of benzene rings is 1. The van der Waals surface area contributed by atoms with Crippen molar-refractivity contribution in [2.45, 2.75) is 19.4 Å². The summed E-state index contributed by atoms with van der Waals surface area (Å²) < 4.78 is 8.90. The predicted octanol–water partition coefficient (Wildman–Crippen LogP) is 2.43. The molecule has 2 aromatic rings. The van der Waals surface area contributed by atoms with Crippen LogP contribution in [0.15, 0.2) is 24.3 Å². The third-order valence-corrected chi connectivity index (χ3v) is 5.78. The standard InChI is InChI=1S/C18H21ClN4O3S/c1-3-14-16(27-21-20-14)17(24)23-10-8-22(9-11-23)15(18(25)26-2)12-6-4-5-7-13(12)19/h4-7,15H,3,8-11H2,1-2H3. The van der Waals surface area contributed by atoms with Crippen LogP contribution in [0.3, 0.4) is 0 Å². The summed E-state index contributed by atoms with van der Waals surface area (Å²) in [5.41, 5.74) is 1.45. The summed E-state index contributed by atoms with van der Waals surface area (Å²) in [5, 5.41) is 4.54. The minimum absolute atomic E-state index is 0.0474. The molecule has 0 aliphatic carbocycles. The summed E-state index contributed by atoms with van der Waals surface area (Å²) in [4.78, 5) is 29.6. The van der Waals surface area contributed by atoms with Gasteiger partial charge in [-0.2, -0.15) is 0 Å². The van der Waals surface area contributed by atoms with Crippen LogP contribution in [0.4, 0.5) is 0 Å². The highest BCUT2D eigenvalue weighted by Gasteiger charge is 2.34. The molecule has 144 valence electrons. The average Bonchev–Trinajstić information content (AvgIpc) is 3.18. The quantitative estimate of drug-likeness (QED) is 0.707. The Balaban J connectivity index is 1.74.